The van der Waals surface area contributed by atoms with Crippen LogP contribution in [0.3, 0.4) is 0 Å². The topological polar surface area (TPSA) is 27.8 Å². The highest BCUT2D eigenvalue weighted by Gasteiger charge is 2.06. The van der Waals surface area contributed by atoms with Crippen LogP contribution in [0.25, 0.3) is 16.6 Å². The minimum absolute atomic E-state index is 0.814. The first kappa shape index (κ1) is 20.0. The van der Waals surface area contributed by atoms with Gasteiger partial charge in [0.15, 0.2) is 0 Å². The van der Waals surface area contributed by atoms with Crippen LogP contribution in [0.15, 0.2) is 79.5 Å². The van der Waals surface area contributed by atoms with E-state index in [2.05, 4.69) is 94.2 Å². The van der Waals surface area contributed by atoms with E-state index in [1.807, 2.05) is 18.2 Å². The van der Waals surface area contributed by atoms with Crippen molar-refractivity contribution in [1.82, 2.24) is 10.3 Å². The summed E-state index contributed by atoms with van der Waals surface area (Å²) in [5.74, 6) is 0. The summed E-state index contributed by atoms with van der Waals surface area (Å²) in [5, 5.41) is 5.58. The van der Waals surface area contributed by atoms with Crippen LogP contribution in [0.5, 0.6) is 0 Å². The lowest BCUT2D eigenvalue weighted by molar-refractivity contribution is 0.853. The molecule has 0 bridgehead atoms. The molecular formula is C25H22ClIN2. The van der Waals surface area contributed by atoms with Crippen LogP contribution in [0.4, 0.5) is 0 Å². The van der Waals surface area contributed by atoms with Crippen molar-refractivity contribution in [3.63, 3.8) is 0 Å². The summed E-state index contributed by atoms with van der Waals surface area (Å²) in [5.41, 5.74) is 6.96. The van der Waals surface area contributed by atoms with Crippen molar-refractivity contribution in [2.45, 2.75) is 12.8 Å². The Morgan fingerprint density at radius 1 is 1.00 bits per heavy atom. The van der Waals surface area contributed by atoms with Gasteiger partial charge in [0.2, 0.25) is 0 Å². The first-order valence-corrected chi connectivity index (χ1v) is 11.1. The Morgan fingerprint density at radius 3 is 2.59 bits per heavy atom. The van der Waals surface area contributed by atoms with Gasteiger partial charge in [0.25, 0.3) is 0 Å². The Balaban J connectivity index is 1.35. The van der Waals surface area contributed by atoms with Gasteiger partial charge in [0, 0.05) is 37.9 Å². The molecule has 0 spiro atoms. The molecule has 0 saturated carbocycles. The average Bonchev–Trinajstić information content (AvgIpc) is 3.12. The van der Waals surface area contributed by atoms with E-state index in [4.69, 9.17) is 11.6 Å². The van der Waals surface area contributed by atoms with Crippen LogP contribution in [-0.4, -0.2) is 11.5 Å². The highest BCUT2D eigenvalue weighted by molar-refractivity contribution is 14.1. The minimum Gasteiger partial charge on any atom is -0.385 e. The quantitative estimate of drug-likeness (QED) is 0.261. The van der Waals surface area contributed by atoms with Gasteiger partial charge in [-0.2, -0.15) is 0 Å². The molecule has 4 heteroatoms. The summed E-state index contributed by atoms with van der Waals surface area (Å²) >= 11 is 8.63. The highest BCUT2D eigenvalue weighted by atomic mass is 127. The van der Waals surface area contributed by atoms with Crippen molar-refractivity contribution in [1.29, 1.82) is 0 Å². The summed E-state index contributed by atoms with van der Waals surface area (Å²) in [6, 6.07) is 23.0. The number of hydrogen-bond acceptors (Lipinski definition) is 1. The third kappa shape index (κ3) is 4.85. The van der Waals surface area contributed by atoms with Gasteiger partial charge in [-0.05, 0) is 82.0 Å². The largest absolute Gasteiger partial charge is 0.385 e. The number of aromatic amines is 1. The minimum atomic E-state index is 0.814. The number of fused-ring (bicyclic) bond motifs is 1. The van der Waals surface area contributed by atoms with E-state index >= 15 is 0 Å². The monoisotopic (exact) mass is 512 g/mol. The molecule has 0 saturated heterocycles. The highest BCUT2D eigenvalue weighted by Crippen LogP contribution is 2.22. The predicted octanol–water partition coefficient (Wildman–Crippen LogP) is 6.82. The maximum absolute atomic E-state index is 6.27. The first-order chi connectivity index (χ1) is 14.1. The van der Waals surface area contributed by atoms with Gasteiger partial charge in [-0.15, -0.1) is 0 Å². The molecule has 2 N–H and O–H groups in total. The summed E-state index contributed by atoms with van der Waals surface area (Å²) < 4.78 is 1.25. The van der Waals surface area contributed by atoms with Crippen molar-refractivity contribution in [3.8, 4) is 0 Å². The third-order valence-electron chi connectivity index (χ3n) is 5.12. The van der Waals surface area contributed by atoms with E-state index in [1.54, 1.807) is 0 Å². The van der Waals surface area contributed by atoms with Crippen molar-refractivity contribution >= 4 is 50.8 Å². The Bertz CT molecular complexity index is 1150. The predicted molar refractivity (Wildman–Crippen MR) is 132 cm³/mol. The third-order valence-corrected chi connectivity index (χ3v) is 6.16. The van der Waals surface area contributed by atoms with E-state index in [0.717, 1.165) is 41.2 Å². The number of nitrogens with one attached hydrogen (secondary N) is 2. The second kappa shape index (κ2) is 9.06. The summed E-state index contributed by atoms with van der Waals surface area (Å²) in [6.07, 6.45) is 3.89. The maximum atomic E-state index is 6.27. The van der Waals surface area contributed by atoms with Gasteiger partial charge in [-0.25, -0.2) is 0 Å². The fraction of sp³-hybridized carbons (Fsp3) is 0.120. The number of benzene rings is 3. The molecule has 29 heavy (non-hydrogen) atoms. The molecule has 3 aromatic carbocycles. The molecule has 4 rings (SSSR count). The molecule has 0 radical (unpaired) electrons. The molecule has 4 aromatic rings. The van der Waals surface area contributed by atoms with Crippen LogP contribution in [-0.2, 0) is 12.8 Å². The fourth-order valence-corrected chi connectivity index (χ4v) is 4.19. The zero-order valence-electron chi connectivity index (χ0n) is 16.0. The van der Waals surface area contributed by atoms with Crippen LogP contribution >= 0.6 is 34.2 Å². The zero-order valence-corrected chi connectivity index (χ0v) is 18.9. The van der Waals surface area contributed by atoms with Crippen LogP contribution in [0, 0.1) is 3.57 Å². The molecular weight excluding hydrogens is 491 g/mol. The van der Waals surface area contributed by atoms with E-state index in [0.29, 0.717) is 0 Å². The van der Waals surface area contributed by atoms with E-state index in [-0.39, 0.29) is 0 Å². The van der Waals surface area contributed by atoms with Crippen molar-refractivity contribution in [2.24, 2.45) is 0 Å². The normalized spacial score (nSPS) is 11.0. The Morgan fingerprint density at radius 2 is 1.79 bits per heavy atom. The molecule has 0 atom stereocenters. The van der Waals surface area contributed by atoms with E-state index in [9.17, 15) is 0 Å². The van der Waals surface area contributed by atoms with Crippen molar-refractivity contribution in [3.05, 3.63) is 110 Å². The fourth-order valence-electron chi connectivity index (χ4n) is 3.49. The number of halogens is 2. The SMILES string of the molecule is C=C(NCCc1c[nH]c2ccc(I)cc12)c1ccc(Cc2ccccc2Cl)cc1. The molecule has 2 nitrogen and oxygen atoms in total. The van der Waals surface area contributed by atoms with E-state index < -0.39 is 0 Å². The number of aromatic nitrogens is 1. The molecule has 0 aliphatic rings. The lowest BCUT2D eigenvalue weighted by Crippen LogP contribution is -2.15. The second-order valence-electron chi connectivity index (χ2n) is 7.12. The lowest BCUT2D eigenvalue weighted by atomic mass is 10.0. The van der Waals surface area contributed by atoms with Gasteiger partial charge >= 0.3 is 0 Å². The van der Waals surface area contributed by atoms with Crippen LogP contribution in [0.2, 0.25) is 5.02 Å². The van der Waals surface area contributed by atoms with Gasteiger partial charge in [0.05, 0.1) is 0 Å². The zero-order chi connectivity index (χ0) is 20.2. The summed E-state index contributed by atoms with van der Waals surface area (Å²) in [7, 11) is 0. The molecule has 0 aliphatic carbocycles. The van der Waals surface area contributed by atoms with Crippen LogP contribution in [0.1, 0.15) is 22.3 Å². The number of hydrogen-bond donors (Lipinski definition) is 2. The lowest BCUT2D eigenvalue weighted by Gasteiger charge is -2.11. The van der Waals surface area contributed by atoms with Gasteiger partial charge in [0.1, 0.15) is 0 Å². The summed E-state index contributed by atoms with van der Waals surface area (Å²) in [4.78, 5) is 3.35. The van der Waals surface area contributed by atoms with Gasteiger partial charge < -0.3 is 10.3 Å². The van der Waals surface area contributed by atoms with E-state index in [1.165, 1.54) is 25.6 Å². The molecule has 0 aliphatic heterocycles. The molecule has 0 fully saturated rings. The smallest absolute Gasteiger partial charge is 0.0457 e. The van der Waals surface area contributed by atoms with Crippen molar-refractivity contribution in [2.75, 3.05) is 6.54 Å². The Hall–Kier alpha value is -2.24. The molecule has 0 amide bonds. The van der Waals surface area contributed by atoms with Crippen LogP contribution < -0.4 is 5.32 Å². The summed E-state index contributed by atoms with van der Waals surface area (Å²) in [6.45, 7) is 5.05. The number of H-pyrrole nitrogens is 1. The second-order valence-corrected chi connectivity index (χ2v) is 8.78. The Kier molecular flexibility index (Phi) is 6.26. The average molecular weight is 513 g/mol. The Labute approximate surface area is 190 Å². The van der Waals surface area contributed by atoms with Crippen molar-refractivity contribution < 1.29 is 0 Å². The van der Waals surface area contributed by atoms with Gasteiger partial charge in [-0.3, -0.25) is 0 Å². The molecule has 1 heterocycles. The maximum Gasteiger partial charge on any atom is 0.0457 e. The molecule has 0 unspecified atom stereocenters. The first-order valence-electron chi connectivity index (χ1n) is 9.61. The van der Waals surface area contributed by atoms with Gasteiger partial charge in [-0.1, -0.05) is 60.6 Å². The molecule has 1 aromatic heterocycles. The standard InChI is InChI=1S/C25H22ClIN2/c1-17(28-13-12-21-16-29-25-11-10-22(27)15-23(21)25)19-8-6-18(7-9-19)14-20-4-2-3-5-24(20)26/h2-11,15-16,28-29H,1,12-14H2. The number of rotatable bonds is 7. The molecule has 146 valence electrons.